The van der Waals surface area contributed by atoms with E-state index in [1.54, 1.807) is 0 Å². The highest BCUT2D eigenvalue weighted by Crippen LogP contribution is 2.16. The van der Waals surface area contributed by atoms with Crippen LogP contribution in [0.4, 0.5) is 0 Å². The highest BCUT2D eigenvalue weighted by Gasteiger charge is 2.10. The molecule has 1 heterocycles. The third-order valence-corrected chi connectivity index (χ3v) is 3.25. The van der Waals surface area contributed by atoms with Gasteiger partial charge in [0.25, 0.3) is 0 Å². The number of piperidine rings is 1. The Hall–Kier alpha value is -0.730. The van der Waals surface area contributed by atoms with Crippen molar-refractivity contribution in [1.82, 2.24) is 4.90 Å². The summed E-state index contributed by atoms with van der Waals surface area (Å²) in [5.74, 6) is 0.995. The highest BCUT2D eigenvalue weighted by atomic mass is 35.5. The number of rotatable bonds is 5. The molecule has 0 atom stereocenters. The topological polar surface area (TPSA) is 12.5 Å². The molecule has 0 spiro atoms. The van der Waals surface area contributed by atoms with Crippen molar-refractivity contribution in [1.29, 1.82) is 0 Å². The summed E-state index contributed by atoms with van der Waals surface area (Å²) in [5.41, 5.74) is 1.40. The predicted molar refractivity (Wildman–Crippen MR) is 78.6 cm³/mol. The molecule has 0 N–H and O–H groups in total. The van der Waals surface area contributed by atoms with Crippen molar-refractivity contribution < 1.29 is 4.74 Å². The summed E-state index contributed by atoms with van der Waals surface area (Å²) in [7, 11) is 0. The van der Waals surface area contributed by atoms with Gasteiger partial charge < -0.3 is 4.74 Å². The predicted octanol–water partition coefficient (Wildman–Crippen LogP) is 3.88. The monoisotopic (exact) mass is 269 g/mol. The van der Waals surface area contributed by atoms with Crippen molar-refractivity contribution in [2.75, 3.05) is 19.7 Å². The van der Waals surface area contributed by atoms with Crippen molar-refractivity contribution in [2.24, 2.45) is 0 Å². The van der Waals surface area contributed by atoms with Crippen LogP contribution in [0.5, 0.6) is 5.75 Å². The van der Waals surface area contributed by atoms with Gasteiger partial charge in [-0.1, -0.05) is 25.5 Å². The zero-order valence-electron chi connectivity index (χ0n) is 11.2. The van der Waals surface area contributed by atoms with Gasteiger partial charge in [0.2, 0.25) is 0 Å². The van der Waals surface area contributed by atoms with Gasteiger partial charge in [-0.15, -0.1) is 12.4 Å². The fraction of sp³-hybridized carbons (Fsp3) is 0.600. The van der Waals surface area contributed by atoms with Crippen molar-refractivity contribution in [3.8, 4) is 5.75 Å². The van der Waals surface area contributed by atoms with Gasteiger partial charge in [-0.2, -0.15) is 0 Å². The Balaban J connectivity index is 0.00000162. The molecule has 0 unspecified atom stereocenters. The summed E-state index contributed by atoms with van der Waals surface area (Å²) in [4.78, 5) is 2.55. The molecule has 18 heavy (non-hydrogen) atoms. The lowest BCUT2D eigenvalue weighted by Gasteiger charge is -2.26. The molecule has 0 aromatic heterocycles. The minimum atomic E-state index is 0. The van der Waals surface area contributed by atoms with E-state index in [1.807, 2.05) is 0 Å². The number of hydrogen-bond acceptors (Lipinski definition) is 2. The van der Waals surface area contributed by atoms with Crippen molar-refractivity contribution >= 4 is 12.4 Å². The second-order valence-corrected chi connectivity index (χ2v) is 4.83. The van der Waals surface area contributed by atoms with Gasteiger partial charge in [-0.3, -0.25) is 4.90 Å². The van der Waals surface area contributed by atoms with Crippen LogP contribution in [0.3, 0.4) is 0 Å². The summed E-state index contributed by atoms with van der Waals surface area (Å²) < 4.78 is 5.59. The number of benzene rings is 1. The maximum Gasteiger partial charge on any atom is 0.119 e. The first-order valence-corrected chi connectivity index (χ1v) is 6.82. The third-order valence-electron chi connectivity index (χ3n) is 3.25. The SMILES string of the molecule is CCCOc1ccc(CN2CCCCC2)cc1.Cl. The molecule has 0 amide bonds. The number of ether oxygens (including phenoxy) is 1. The number of nitrogens with zero attached hydrogens (tertiary/aromatic N) is 1. The van der Waals surface area contributed by atoms with E-state index in [-0.39, 0.29) is 12.4 Å². The van der Waals surface area contributed by atoms with Crippen LogP contribution >= 0.6 is 12.4 Å². The Kier molecular flexibility index (Phi) is 7.14. The van der Waals surface area contributed by atoms with Gasteiger partial charge in [-0.05, 0) is 50.0 Å². The van der Waals surface area contributed by atoms with Gasteiger partial charge in [0.05, 0.1) is 6.61 Å². The second-order valence-electron chi connectivity index (χ2n) is 4.83. The standard InChI is InChI=1S/C15H23NO.ClH/c1-2-12-17-15-8-6-14(7-9-15)13-16-10-4-3-5-11-16;/h6-9H,2-5,10-13H2,1H3;1H. The van der Waals surface area contributed by atoms with Crippen molar-refractivity contribution in [3.05, 3.63) is 29.8 Å². The van der Waals surface area contributed by atoms with E-state index in [0.29, 0.717) is 0 Å². The van der Waals surface area contributed by atoms with E-state index in [1.165, 1.54) is 37.9 Å². The van der Waals surface area contributed by atoms with Crippen LogP contribution in [0.25, 0.3) is 0 Å². The Morgan fingerprint density at radius 2 is 1.72 bits per heavy atom. The summed E-state index contributed by atoms with van der Waals surface area (Å²) in [6, 6.07) is 8.57. The van der Waals surface area contributed by atoms with E-state index < -0.39 is 0 Å². The van der Waals surface area contributed by atoms with Gasteiger partial charge in [-0.25, -0.2) is 0 Å². The first-order chi connectivity index (χ1) is 8.38. The van der Waals surface area contributed by atoms with Crippen LogP contribution in [0.2, 0.25) is 0 Å². The molecule has 1 saturated heterocycles. The molecule has 2 rings (SSSR count). The van der Waals surface area contributed by atoms with Crippen LogP contribution in [-0.2, 0) is 6.54 Å². The number of hydrogen-bond donors (Lipinski definition) is 0. The first-order valence-electron chi connectivity index (χ1n) is 6.82. The summed E-state index contributed by atoms with van der Waals surface area (Å²) in [6.07, 6.45) is 5.19. The van der Waals surface area contributed by atoms with Gasteiger partial charge >= 0.3 is 0 Å². The molecule has 1 aliphatic heterocycles. The van der Waals surface area contributed by atoms with E-state index >= 15 is 0 Å². The molecular formula is C15H24ClNO. The summed E-state index contributed by atoms with van der Waals surface area (Å²) >= 11 is 0. The Labute approximate surface area is 117 Å². The molecule has 0 radical (unpaired) electrons. The fourth-order valence-corrected chi connectivity index (χ4v) is 2.29. The van der Waals surface area contributed by atoms with Crippen LogP contribution in [0, 0.1) is 0 Å². The lowest BCUT2D eigenvalue weighted by molar-refractivity contribution is 0.221. The Bertz CT molecular complexity index is 320. The van der Waals surface area contributed by atoms with Gasteiger partial charge in [0.1, 0.15) is 5.75 Å². The lowest BCUT2D eigenvalue weighted by Crippen LogP contribution is -2.28. The summed E-state index contributed by atoms with van der Waals surface area (Å²) in [5, 5.41) is 0. The molecule has 3 heteroatoms. The fourth-order valence-electron chi connectivity index (χ4n) is 2.29. The minimum Gasteiger partial charge on any atom is -0.494 e. The smallest absolute Gasteiger partial charge is 0.119 e. The molecule has 0 bridgehead atoms. The highest BCUT2D eigenvalue weighted by molar-refractivity contribution is 5.85. The van der Waals surface area contributed by atoms with E-state index in [4.69, 9.17) is 4.74 Å². The first kappa shape index (κ1) is 15.3. The maximum absolute atomic E-state index is 5.59. The molecule has 1 fully saturated rings. The Morgan fingerprint density at radius 1 is 1.06 bits per heavy atom. The number of halogens is 1. The Morgan fingerprint density at radius 3 is 2.33 bits per heavy atom. The molecule has 102 valence electrons. The average molecular weight is 270 g/mol. The van der Waals surface area contributed by atoms with Crippen LogP contribution in [-0.4, -0.2) is 24.6 Å². The molecule has 1 aromatic carbocycles. The molecular weight excluding hydrogens is 246 g/mol. The normalized spacial score (nSPS) is 16.1. The van der Waals surface area contributed by atoms with Crippen molar-refractivity contribution in [3.63, 3.8) is 0 Å². The van der Waals surface area contributed by atoms with E-state index in [2.05, 4.69) is 36.1 Å². The largest absolute Gasteiger partial charge is 0.494 e. The lowest BCUT2D eigenvalue weighted by atomic mass is 10.1. The molecule has 2 nitrogen and oxygen atoms in total. The summed E-state index contributed by atoms with van der Waals surface area (Å²) in [6.45, 7) is 6.55. The molecule has 1 aliphatic rings. The van der Waals surface area contributed by atoms with E-state index in [9.17, 15) is 0 Å². The zero-order valence-corrected chi connectivity index (χ0v) is 12.0. The minimum absolute atomic E-state index is 0. The number of likely N-dealkylation sites (tertiary alicyclic amines) is 1. The van der Waals surface area contributed by atoms with Gasteiger partial charge in [0.15, 0.2) is 0 Å². The average Bonchev–Trinajstić information content (AvgIpc) is 2.39. The van der Waals surface area contributed by atoms with Gasteiger partial charge in [0, 0.05) is 6.54 Å². The van der Waals surface area contributed by atoms with E-state index in [0.717, 1.165) is 25.3 Å². The maximum atomic E-state index is 5.59. The van der Waals surface area contributed by atoms with Crippen LogP contribution < -0.4 is 4.74 Å². The molecule has 1 aromatic rings. The van der Waals surface area contributed by atoms with Crippen LogP contribution in [0.1, 0.15) is 38.2 Å². The molecule has 0 saturated carbocycles. The van der Waals surface area contributed by atoms with Crippen LogP contribution in [0.15, 0.2) is 24.3 Å². The van der Waals surface area contributed by atoms with Crippen molar-refractivity contribution in [2.45, 2.75) is 39.2 Å². The third kappa shape index (κ3) is 4.87. The second kappa shape index (κ2) is 8.39. The molecule has 0 aliphatic carbocycles. The quantitative estimate of drug-likeness (QED) is 0.804. The zero-order chi connectivity index (χ0) is 11.9.